The minimum absolute atomic E-state index is 0.625. The lowest BCUT2D eigenvalue weighted by atomic mass is 10.6. The van der Waals surface area contributed by atoms with Crippen LogP contribution in [0.2, 0.25) is 19.6 Å². The minimum Gasteiger partial charge on any atom is -0.497 e. The standard InChI is InChI=1S/C8H18O2Si/c1-8(2)9-6-7-10-11(3,4)5/h1,6-7H2,2-5H3. The number of allylic oxidation sites excluding steroid dienone is 1. The van der Waals surface area contributed by atoms with Crippen LogP contribution in [-0.2, 0) is 9.16 Å². The van der Waals surface area contributed by atoms with E-state index >= 15 is 0 Å². The SMILES string of the molecule is C=C(C)OCCO[Si](C)(C)C. The van der Waals surface area contributed by atoms with Crippen LogP contribution in [-0.4, -0.2) is 21.5 Å². The van der Waals surface area contributed by atoms with Crippen LogP contribution in [0.1, 0.15) is 6.92 Å². The van der Waals surface area contributed by atoms with E-state index in [1.165, 1.54) is 0 Å². The largest absolute Gasteiger partial charge is 0.497 e. The van der Waals surface area contributed by atoms with E-state index in [4.69, 9.17) is 9.16 Å². The molecule has 0 saturated carbocycles. The summed E-state index contributed by atoms with van der Waals surface area (Å²) < 4.78 is 10.7. The quantitative estimate of drug-likeness (QED) is 0.362. The van der Waals surface area contributed by atoms with E-state index in [1.807, 2.05) is 6.92 Å². The number of ether oxygens (including phenoxy) is 1. The first kappa shape index (κ1) is 10.7. The van der Waals surface area contributed by atoms with Gasteiger partial charge in [0.15, 0.2) is 8.32 Å². The second-order valence-corrected chi connectivity index (χ2v) is 8.02. The van der Waals surface area contributed by atoms with Crippen molar-refractivity contribution in [2.45, 2.75) is 26.6 Å². The highest BCUT2D eigenvalue weighted by atomic mass is 28.4. The molecule has 0 aliphatic rings. The van der Waals surface area contributed by atoms with Gasteiger partial charge < -0.3 is 9.16 Å². The van der Waals surface area contributed by atoms with E-state index in [2.05, 4.69) is 26.2 Å². The van der Waals surface area contributed by atoms with Crippen molar-refractivity contribution in [3.8, 4) is 0 Å². The molecule has 0 bridgehead atoms. The van der Waals surface area contributed by atoms with Crippen LogP contribution in [0.4, 0.5) is 0 Å². The zero-order valence-electron chi connectivity index (χ0n) is 7.94. The van der Waals surface area contributed by atoms with Crippen LogP contribution in [0.3, 0.4) is 0 Å². The average Bonchev–Trinajstić information content (AvgIpc) is 1.78. The van der Waals surface area contributed by atoms with Crippen molar-refractivity contribution in [2.24, 2.45) is 0 Å². The summed E-state index contributed by atoms with van der Waals surface area (Å²) in [6, 6.07) is 0. The van der Waals surface area contributed by atoms with E-state index in [-0.39, 0.29) is 0 Å². The highest BCUT2D eigenvalue weighted by Crippen LogP contribution is 2.02. The summed E-state index contributed by atoms with van der Waals surface area (Å²) in [5, 5.41) is 0. The highest BCUT2D eigenvalue weighted by molar-refractivity contribution is 6.69. The summed E-state index contributed by atoms with van der Waals surface area (Å²) in [5.74, 6) is 0.754. The first-order valence-corrected chi connectivity index (χ1v) is 7.25. The Kier molecular flexibility index (Phi) is 4.45. The topological polar surface area (TPSA) is 18.5 Å². The zero-order chi connectivity index (χ0) is 8.91. The normalized spacial score (nSPS) is 11.3. The molecule has 0 aromatic heterocycles. The molecule has 0 aliphatic heterocycles. The zero-order valence-corrected chi connectivity index (χ0v) is 8.94. The molecule has 0 N–H and O–H groups in total. The third-order valence-electron chi connectivity index (χ3n) is 0.967. The van der Waals surface area contributed by atoms with E-state index < -0.39 is 8.32 Å². The maximum absolute atomic E-state index is 5.55. The maximum Gasteiger partial charge on any atom is 0.183 e. The number of hydrogen-bond donors (Lipinski definition) is 0. The van der Waals surface area contributed by atoms with E-state index in [1.54, 1.807) is 0 Å². The van der Waals surface area contributed by atoms with E-state index in [0.29, 0.717) is 13.2 Å². The van der Waals surface area contributed by atoms with Gasteiger partial charge in [0.25, 0.3) is 0 Å². The molecule has 0 unspecified atom stereocenters. The highest BCUT2D eigenvalue weighted by Gasteiger charge is 2.12. The van der Waals surface area contributed by atoms with Crippen LogP contribution in [0.5, 0.6) is 0 Å². The Labute approximate surface area is 70.3 Å². The predicted molar refractivity (Wildman–Crippen MR) is 50.1 cm³/mol. The summed E-state index contributed by atoms with van der Waals surface area (Å²) in [6.07, 6.45) is 0. The van der Waals surface area contributed by atoms with Gasteiger partial charge in [-0.05, 0) is 26.6 Å². The lowest BCUT2D eigenvalue weighted by molar-refractivity contribution is 0.155. The fourth-order valence-electron chi connectivity index (χ4n) is 0.564. The molecule has 0 rings (SSSR count). The molecule has 0 aromatic rings. The molecule has 0 amide bonds. The molecule has 0 atom stereocenters. The third-order valence-corrected chi connectivity index (χ3v) is 2.04. The first-order chi connectivity index (χ1) is 4.92. The molecule has 0 aliphatic carbocycles. The fourth-order valence-corrected chi connectivity index (χ4v) is 1.26. The van der Waals surface area contributed by atoms with Crippen molar-refractivity contribution < 1.29 is 9.16 Å². The lowest BCUT2D eigenvalue weighted by Crippen LogP contribution is -2.27. The third kappa shape index (κ3) is 9.72. The first-order valence-electron chi connectivity index (χ1n) is 3.84. The predicted octanol–water partition coefficient (Wildman–Crippen LogP) is 2.39. The molecule has 0 aromatic carbocycles. The van der Waals surface area contributed by atoms with Gasteiger partial charge in [0, 0.05) is 0 Å². The monoisotopic (exact) mass is 174 g/mol. The molecular formula is C8H18O2Si. The summed E-state index contributed by atoms with van der Waals surface area (Å²) in [7, 11) is -1.34. The smallest absolute Gasteiger partial charge is 0.183 e. The molecule has 0 saturated heterocycles. The molecule has 2 nitrogen and oxygen atoms in total. The van der Waals surface area contributed by atoms with Crippen molar-refractivity contribution in [3.63, 3.8) is 0 Å². The molecular weight excluding hydrogens is 156 g/mol. The Morgan fingerprint density at radius 1 is 1.27 bits per heavy atom. The Hall–Kier alpha value is -0.283. The van der Waals surface area contributed by atoms with E-state index in [9.17, 15) is 0 Å². The Balaban J connectivity index is 3.22. The van der Waals surface area contributed by atoms with Gasteiger partial charge in [0.2, 0.25) is 0 Å². The van der Waals surface area contributed by atoms with Gasteiger partial charge in [-0.1, -0.05) is 6.58 Å². The lowest BCUT2D eigenvalue weighted by Gasteiger charge is -2.17. The van der Waals surface area contributed by atoms with E-state index in [0.717, 1.165) is 5.76 Å². The van der Waals surface area contributed by atoms with Crippen molar-refractivity contribution in [2.75, 3.05) is 13.2 Å². The molecule has 0 spiro atoms. The van der Waals surface area contributed by atoms with Crippen LogP contribution in [0.25, 0.3) is 0 Å². The molecule has 0 radical (unpaired) electrons. The van der Waals surface area contributed by atoms with Gasteiger partial charge in [0.1, 0.15) is 6.61 Å². The van der Waals surface area contributed by atoms with Crippen LogP contribution in [0.15, 0.2) is 12.3 Å². The second-order valence-electron chi connectivity index (χ2n) is 3.51. The van der Waals surface area contributed by atoms with Crippen LogP contribution >= 0.6 is 0 Å². The minimum atomic E-state index is -1.34. The van der Waals surface area contributed by atoms with Crippen molar-refractivity contribution in [3.05, 3.63) is 12.3 Å². The summed E-state index contributed by atoms with van der Waals surface area (Å²) >= 11 is 0. The van der Waals surface area contributed by atoms with Crippen molar-refractivity contribution >= 4 is 8.32 Å². The molecule has 11 heavy (non-hydrogen) atoms. The summed E-state index contributed by atoms with van der Waals surface area (Å²) in [6.45, 7) is 13.3. The second kappa shape index (κ2) is 4.57. The molecule has 3 heteroatoms. The van der Waals surface area contributed by atoms with Gasteiger partial charge in [-0.15, -0.1) is 0 Å². The molecule has 0 fully saturated rings. The van der Waals surface area contributed by atoms with Crippen molar-refractivity contribution in [1.82, 2.24) is 0 Å². The molecule has 66 valence electrons. The van der Waals surface area contributed by atoms with Gasteiger partial charge in [-0.25, -0.2) is 0 Å². The van der Waals surface area contributed by atoms with Crippen LogP contribution < -0.4 is 0 Å². The van der Waals surface area contributed by atoms with Gasteiger partial charge in [0.05, 0.1) is 12.4 Å². The summed E-state index contributed by atoms with van der Waals surface area (Å²) in [5.41, 5.74) is 0. The summed E-state index contributed by atoms with van der Waals surface area (Å²) in [4.78, 5) is 0. The average molecular weight is 174 g/mol. The number of hydrogen-bond acceptors (Lipinski definition) is 2. The Morgan fingerprint density at radius 3 is 2.18 bits per heavy atom. The van der Waals surface area contributed by atoms with Crippen LogP contribution in [0, 0.1) is 0 Å². The van der Waals surface area contributed by atoms with Gasteiger partial charge in [-0.3, -0.25) is 0 Å². The Morgan fingerprint density at radius 2 is 1.82 bits per heavy atom. The van der Waals surface area contributed by atoms with Crippen molar-refractivity contribution in [1.29, 1.82) is 0 Å². The number of rotatable bonds is 5. The molecule has 0 heterocycles. The maximum atomic E-state index is 5.55. The van der Waals surface area contributed by atoms with Gasteiger partial charge >= 0.3 is 0 Å². The fraction of sp³-hybridized carbons (Fsp3) is 0.750. The van der Waals surface area contributed by atoms with Gasteiger partial charge in [-0.2, -0.15) is 0 Å². The Bertz CT molecular complexity index is 127.